The minimum atomic E-state index is -0.441. The first-order chi connectivity index (χ1) is 14.3. The molecule has 7 nitrogen and oxygen atoms in total. The van der Waals surface area contributed by atoms with Crippen LogP contribution in [0.5, 0.6) is 0 Å². The Bertz CT molecular complexity index is 1040. The van der Waals surface area contributed by atoms with Crippen LogP contribution in [0.3, 0.4) is 0 Å². The van der Waals surface area contributed by atoms with Crippen molar-refractivity contribution >= 4 is 22.9 Å². The number of rotatable bonds is 7. The predicted molar refractivity (Wildman–Crippen MR) is 115 cm³/mol. The lowest BCUT2D eigenvalue weighted by Gasteiger charge is -2.26. The number of pyridine rings is 1. The second kappa shape index (κ2) is 9.07. The van der Waals surface area contributed by atoms with Crippen LogP contribution < -0.4 is 0 Å². The number of hydrogen-bond acceptors (Lipinski definition) is 5. The zero-order valence-electron chi connectivity index (χ0n) is 18.1. The van der Waals surface area contributed by atoms with Crippen LogP contribution in [0, 0.1) is 12.8 Å². The highest BCUT2D eigenvalue weighted by Gasteiger charge is 2.25. The fraction of sp³-hybridized carbons (Fsp3) is 0.391. The molecule has 1 amide bonds. The van der Waals surface area contributed by atoms with E-state index in [2.05, 4.69) is 10.1 Å². The Labute approximate surface area is 176 Å². The first-order valence-electron chi connectivity index (χ1n) is 10.1. The molecule has 0 fully saturated rings. The Kier molecular flexibility index (Phi) is 6.50. The van der Waals surface area contributed by atoms with Crippen molar-refractivity contribution in [3.05, 3.63) is 59.4 Å². The van der Waals surface area contributed by atoms with E-state index in [4.69, 9.17) is 4.74 Å². The van der Waals surface area contributed by atoms with Crippen LogP contribution in [0.4, 0.5) is 0 Å². The summed E-state index contributed by atoms with van der Waals surface area (Å²) >= 11 is 0. The Morgan fingerprint density at radius 1 is 1.17 bits per heavy atom. The molecule has 30 heavy (non-hydrogen) atoms. The van der Waals surface area contributed by atoms with Crippen LogP contribution in [0.1, 0.15) is 48.4 Å². The number of aryl methyl sites for hydroxylation is 1. The van der Waals surface area contributed by atoms with Gasteiger partial charge in [0.2, 0.25) is 0 Å². The highest BCUT2D eigenvalue weighted by Crippen LogP contribution is 2.22. The maximum absolute atomic E-state index is 13.5. The highest BCUT2D eigenvalue weighted by molar-refractivity contribution is 5.98. The number of esters is 1. The molecule has 0 spiro atoms. The van der Waals surface area contributed by atoms with Crippen LogP contribution in [0.2, 0.25) is 0 Å². The van der Waals surface area contributed by atoms with Gasteiger partial charge in [-0.2, -0.15) is 5.10 Å². The van der Waals surface area contributed by atoms with E-state index in [9.17, 15) is 9.59 Å². The van der Waals surface area contributed by atoms with Crippen molar-refractivity contribution in [3.63, 3.8) is 0 Å². The minimum absolute atomic E-state index is 0.168. The molecule has 3 rings (SSSR count). The summed E-state index contributed by atoms with van der Waals surface area (Å²) < 4.78 is 6.70. The molecule has 158 valence electrons. The maximum Gasteiger partial charge on any atom is 0.310 e. The van der Waals surface area contributed by atoms with E-state index >= 15 is 0 Å². The number of carbonyl (C=O) groups is 2. The number of nitrogens with zero attached hydrogens (tertiary/aromatic N) is 4. The van der Waals surface area contributed by atoms with Gasteiger partial charge in [0.1, 0.15) is 0 Å². The summed E-state index contributed by atoms with van der Waals surface area (Å²) in [6.45, 7) is 8.32. The largest absolute Gasteiger partial charge is 0.469 e. The number of fused-ring (bicyclic) bond motifs is 1. The quantitative estimate of drug-likeness (QED) is 0.556. The molecule has 0 aliphatic heterocycles. The van der Waals surface area contributed by atoms with Crippen LogP contribution >= 0.6 is 0 Å². The second-order valence-electron chi connectivity index (χ2n) is 7.81. The van der Waals surface area contributed by atoms with Crippen LogP contribution in [0.15, 0.2) is 42.6 Å². The van der Waals surface area contributed by atoms with Crippen molar-refractivity contribution in [1.82, 2.24) is 19.7 Å². The smallest absolute Gasteiger partial charge is 0.310 e. The number of ether oxygens (including phenoxy) is 1. The van der Waals surface area contributed by atoms with E-state index in [1.54, 1.807) is 18.0 Å². The van der Waals surface area contributed by atoms with Gasteiger partial charge >= 0.3 is 5.97 Å². The summed E-state index contributed by atoms with van der Waals surface area (Å²) in [5.41, 5.74) is 2.90. The highest BCUT2D eigenvalue weighted by atomic mass is 16.5. The third-order valence-electron chi connectivity index (χ3n) is 5.08. The van der Waals surface area contributed by atoms with E-state index in [-0.39, 0.29) is 24.5 Å². The molecule has 2 heterocycles. The second-order valence-corrected chi connectivity index (χ2v) is 7.81. The molecular formula is C23H28N4O3. The Balaban J connectivity index is 1.96. The van der Waals surface area contributed by atoms with Crippen LogP contribution in [-0.2, 0) is 16.1 Å². The van der Waals surface area contributed by atoms with Crippen molar-refractivity contribution in [2.24, 2.45) is 5.92 Å². The van der Waals surface area contributed by atoms with Crippen molar-refractivity contribution in [1.29, 1.82) is 0 Å². The summed E-state index contributed by atoms with van der Waals surface area (Å²) in [7, 11) is 1.36. The molecule has 0 saturated heterocycles. The molecule has 0 aliphatic rings. The third kappa shape index (κ3) is 4.50. The van der Waals surface area contributed by atoms with Gasteiger partial charge in [0, 0.05) is 24.5 Å². The predicted octanol–water partition coefficient (Wildman–Crippen LogP) is 3.77. The summed E-state index contributed by atoms with van der Waals surface area (Å²) in [6.07, 6.45) is 1.73. The van der Waals surface area contributed by atoms with Gasteiger partial charge in [0.25, 0.3) is 5.91 Å². The van der Waals surface area contributed by atoms with Gasteiger partial charge in [-0.25, -0.2) is 9.67 Å². The number of amides is 1. The molecule has 3 aromatic rings. The third-order valence-corrected chi connectivity index (χ3v) is 5.08. The van der Waals surface area contributed by atoms with Crippen molar-refractivity contribution in [2.75, 3.05) is 13.7 Å². The van der Waals surface area contributed by atoms with Gasteiger partial charge in [-0.15, -0.1) is 0 Å². The summed E-state index contributed by atoms with van der Waals surface area (Å²) in [5, 5.41) is 5.22. The number of aromatic nitrogens is 3. The SMILES string of the molecule is COC(=O)C(C)CN(Cc1ccccc1)C(=O)c1cc2cnn(C(C)C)c2nc1C. The first-order valence-corrected chi connectivity index (χ1v) is 10.1. The monoisotopic (exact) mass is 408 g/mol. The van der Waals surface area contributed by atoms with Crippen LogP contribution in [-0.4, -0.2) is 45.2 Å². The fourth-order valence-electron chi connectivity index (χ4n) is 3.46. The van der Waals surface area contributed by atoms with Crippen LogP contribution in [0.25, 0.3) is 11.0 Å². The van der Waals surface area contributed by atoms with Crippen molar-refractivity contribution < 1.29 is 14.3 Å². The molecular weight excluding hydrogens is 380 g/mol. The normalized spacial score (nSPS) is 12.2. The van der Waals surface area contributed by atoms with Gasteiger partial charge in [-0.3, -0.25) is 9.59 Å². The van der Waals surface area contributed by atoms with Gasteiger partial charge in [-0.1, -0.05) is 37.3 Å². The number of carbonyl (C=O) groups excluding carboxylic acids is 2. The van der Waals surface area contributed by atoms with Gasteiger partial charge in [0.15, 0.2) is 5.65 Å². The molecule has 1 unspecified atom stereocenters. The standard InChI is InChI=1S/C23H28N4O3/c1-15(2)27-21-19(12-24-27)11-20(17(4)25-21)22(28)26(13-16(3)23(29)30-5)14-18-9-7-6-8-10-18/h6-12,15-16H,13-14H2,1-5H3. The average Bonchev–Trinajstić information content (AvgIpc) is 3.15. The molecule has 0 aliphatic carbocycles. The average molecular weight is 409 g/mol. The number of hydrogen-bond donors (Lipinski definition) is 0. The summed E-state index contributed by atoms with van der Waals surface area (Å²) in [4.78, 5) is 31.8. The lowest BCUT2D eigenvalue weighted by molar-refractivity contribution is -0.145. The van der Waals surface area contributed by atoms with Crippen molar-refractivity contribution in [3.8, 4) is 0 Å². The van der Waals surface area contributed by atoms with E-state index in [1.165, 1.54) is 7.11 Å². The minimum Gasteiger partial charge on any atom is -0.469 e. The lowest BCUT2D eigenvalue weighted by atomic mass is 10.1. The zero-order valence-corrected chi connectivity index (χ0v) is 18.1. The Hall–Kier alpha value is -3.22. The topological polar surface area (TPSA) is 77.3 Å². The number of methoxy groups -OCH3 is 1. The molecule has 0 N–H and O–H groups in total. The van der Waals surface area contributed by atoms with E-state index < -0.39 is 5.92 Å². The molecule has 0 bridgehead atoms. The van der Waals surface area contributed by atoms with E-state index in [0.29, 0.717) is 17.8 Å². The lowest BCUT2D eigenvalue weighted by Crippen LogP contribution is -2.37. The first kappa shape index (κ1) is 21.5. The molecule has 1 atom stereocenters. The molecule has 1 aromatic carbocycles. The molecule has 0 radical (unpaired) electrons. The number of benzene rings is 1. The fourth-order valence-corrected chi connectivity index (χ4v) is 3.46. The Morgan fingerprint density at radius 3 is 2.50 bits per heavy atom. The van der Waals surface area contributed by atoms with E-state index in [1.807, 2.05) is 61.9 Å². The zero-order chi connectivity index (χ0) is 21.8. The summed E-state index contributed by atoms with van der Waals surface area (Å²) in [5.74, 6) is -0.952. The Morgan fingerprint density at radius 2 is 1.87 bits per heavy atom. The molecule has 2 aromatic heterocycles. The van der Waals surface area contributed by atoms with Gasteiger partial charge in [0.05, 0.1) is 30.5 Å². The summed E-state index contributed by atoms with van der Waals surface area (Å²) in [6, 6.07) is 11.7. The van der Waals surface area contributed by atoms with Gasteiger partial charge < -0.3 is 9.64 Å². The van der Waals surface area contributed by atoms with E-state index in [0.717, 1.165) is 16.6 Å². The van der Waals surface area contributed by atoms with Crippen molar-refractivity contribution in [2.45, 2.75) is 40.3 Å². The molecule has 7 heteroatoms. The molecule has 0 saturated carbocycles. The maximum atomic E-state index is 13.5. The van der Waals surface area contributed by atoms with Gasteiger partial charge in [-0.05, 0) is 32.4 Å².